The van der Waals surface area contributed by atoms with Crippen molar-refractivity contribution in [1.29, 1.82) is 0 Å². The van der Waals surface area contributed by atoms with E-state index < -0.39 is 0 Å². The summed E-state index contributed by atoms with van der Waals surface area (Å²) in [5.41, 5.74) is 2.44. The van der Waals surface area contributed by atoms with E-state index >= 15 is 0 Å². The van der Waals surface area contributed by atoms with Gasteiger partial charge in [-0.1, -0.05) is 18.2 Å². The Morgan fingerprint density at radius 3 is 2.58 bits per heavy atom. The number of halogens is 1. The van der Waals surface area contributed by atoms with Crippen LogP contribution in [-0.2, 0) is 13.1 Å². The predicted molar refractivity (Wildman–Crippen MR) is 96.7 cm³/mol. The van der Waals surface area contributed by atoms with Gasteiger partial charge in [-0.05, 0) is 36.2 Å². The Hall–Kier alpha value is -2.63. The number of pyridine rings is 1. The van der Waals surface area contributed by atoms with Crippen LogP contribution in [0.4, 0.5) is 10.2 Å². The first-order valence-electron chi connectivity index (χ1n) is 7.82. The Bertz CT molecular complexity index is 712. The maximum absolute atomic E-state index is 13.6. The molecule has 0 spiro atoms. The molecule has 0 aliphatic carbocycles. The first-order valence-corrected chi connectivity index (χ1v) is 7.82. The zero-order valence-corrected chi connectivity index (χ0v) is 14.6. The third-order valence-electron chi connectivity index (χ3n) is 3.61. The van der Waals surface area contributed by atoms with Gasteiger partial charge in [0.25, 0.3) is 0 Å². The summed E-state index contributed by atoms with van der Waals surface area (Å²) in [6.45, 7) is 2.81. The molecule has 0 bridgehead atoms. The third-order valence-corrected chi connectivity index (χ3v) is 3.61. The van der Waals surface area contributed by atoms with Crippen molar-refractivity contribution in [2.24, 2.45) is 4.99 Å². The lowest BCUT2D eigenvalue weighted by Gasteiger charge is -2.14. The van der Waals surface area contributed by atoms with Crippen molar-refractivity contribution in [1.82, 2.24) is 15.6 Å². The van der Waals surface area contributed by atoms with Crippen molar-refractivity contribution in [2.45, 2.75) is 20.0 Å². The molecule has 5 nitrogen and oxygen atoms in total. The normalized spacial score (nSPS) is 11.3. The molecule has 1 heterocycles. The van der Waals surface area contributed by atoms with Crippen LogP contribution in [0, 0.1) is 12.7 Å². The molecule has 0 fully saturated rings. The number of rotatable bonds is 5. The van der Waals surface area contributed by atoms with Gasteiger partial charge in [0.05, 0.1) is 12.2 Å². The molecule has 0 aliphatic rings. The van der Waals surface area contributed by atoms with E-state index in [0.29, 0.717) is 24.6 Å². The SMILES string of the molecule is CN=C(NCc1ccc(C)c(F)c1)NCc1cccc(N(C)C)n1. The van der Waals surface area contributed by atoms with E-state index in [9.17, 15) is 4.39 Å². The quantitative estimate of drug-likeness (QED) is 0.654. The number of hydrogen-bond acceptors (Lipinski definition) is 3. The second kappa shape index (κ2) is 8.29. The molecule has 1 aromatic carbocycles. The van der Waals surface area contributed by atoms with Gasteiger partial charge in [-0.25, -0.2) is 9.37 Å². The standard InChI is InChI=1S/C18H24FN5/c1-13-8-9-14(10-16(13)19)11-21-18(20-2)22-12-15-6-5-7-17(23-15)24(3)4/h5-10H,11-12H2,1-4H3,(H2,20,21,22). The minimum absolute atomic E-state index is 0.193. The Labute approximate surface area is 142 Å². The van der Waals surface area contributed by atoms with Gasteiger partial charge in [-0.15, -0.1) is 0 Å². The number of aryl methyl sites for hydroxylation is 1. The lowest BCUT2D eigenvalue weighted by atomic mass is 10.1. The van der Waals surface area contributed by atoms with Crippen LogP contribution in [-0.4, -0.2) is 32.1 Å². The van der Waals surface area contributed by atoms with E-state index in [4.69, 9.17) is 0 Å². The predicted octanol–water partition coefficient (Wildman–Crippen LogP) is 2.46. The van der Waals surface area contributed by atoms with Gasteiger partial charge < -0.3 is 15.5 Å². The number of nitrogens with one attached hydrogen (secondary N) is 2. The van der Waals surface area contributed by atoms with Gasteiger partial charge in [0, 0.05) is 27.7 Å². The van der Waals surface area contributed by atoms with Gasteiger partial charge in [0.2, 0.25) is 0 Å². The molecule has 24 heavy (non-hydrogen) atoms. The van der Waals surface area contributed by atoms with Crippen molar-refractivity contribution in [3.05, 3.63) is 59.0 Å². The zero-order chi connectivity index (χ0) is 17.5. The Balaban J connectivity index is 1.90. The van der Waals surface area contributed by atoms with Crippen LogP contribution in [0.15, 0.2) is 41.4 Å². The fraction of sp³-hybridized carbons (Fsp3) is 0.333. The summed E-state index contributed by atoms with van der Waals surface area (Å²) < 4.78 is 13.6. The van der Waals surface area contributed by atoms with E-state index in [-0.39, 0.29) is 5.82 Å². The number of nitrogens with zero attached hydrogens (tertiary/aromatic N) is 3. The Kier molecular flexibility index (Phi) is 6.12. The van der Waals surface area contributed by atoms with E-state index in [1.165, 1.54) is 6.07 Å². The van der Waals surface area contributed by atoms with Crippen molar-refractivity contribution < 1.29 is 4.39 Å². The lowest BCUT2D eigenvalue weighted by molar-refractivity contribution is 0.615. The molecule has 0 saturated heterocycles. The highest BCUT2D eigenvalue weighted by molar-refractivity contribution is 5.79. The number of guanidine groups is 1. The highest BCUT2D eigenvalue weighted by Crippen LogP contribution is 2.09. The highest BCUT2D eigenvalue weighted by Gasteiger charge is 2.03. The van der Waals surface area contributed by atoms with E-state index in [1.54, 1.807) is 20.0 Å². The third kappa shape index (κ3) is 4.94. The van der Waals surface area contributed by atoms with E-state index in [1.807, 2.05) is 43.3 Å². The largest absolute Gasteiger partial charge is 0.363 e. The minimum Gasteiger partial charge on any atom is -0.363 e. The number of benzene rings is 1. The van der Waals surface area contributed by atoms with Crippen LogP contribution in [0.5, 0.6) is 0 Å². The molecule has 2 rings (SSSR count). The van der Waals surface area contributed by atoms with Gasteiger partial charge in [0.15, 0.2) is 5.96 Å². The molecular weight excluding hydrogens is 305 g/mol. The van der Waals surface area contributed by atoms with Gasteiger partial charge in [0.1, 0.15) is 11.6 Å². The summed E-state index contributed by atoms with van der Waals surface area (Å²) in [6, 6.07) is 11.1. The molecule has 128 valence electrons. The van der Waals surface area contributed by atoms with Gasteiger partial charge >= 0.3 is 0 Å². The molecule has 1 aromatic heterocycles. The zero-order valence-electron chi connectivity index (χ0n) is 14.6. The monoisotopic (exact) mass is 329 g/mol. The second-order valence-corrected chi connectivity index (χ2v) is 5.74. The van der Waals surface area contributed by atoms with Crippen LogP contribution in [0.25, 0.3) is 0 Å². The average Bonchev–Trinajstić information content (AvgIpc) is 2.58. The summed E-state index contributed by atoms with van der Waals surface area (Å²) in [6.07, 6.45) is 0. The summed E-state index contributed by atoms with van der Waals surface area (Å²) in [5, 5.41) is 6.39. The second-order valence-electron chi connectivity index (χ2n) is 5.74. The van der Waals surface area contributed by atoms with Crippen molar-refractivity contribution in [3.63, 3.8) is 0 Å². The molecule has 0 atom stereocenters. The molecule has 0 amide bonds. The Morgan fingerprint density at radius 1 is 1.17 bits per heavy atom. The number of aliphatic imine (C=N–C) groups is 1. The molecule has 0 aliphatic heterocycles. The van der Waals surface area contributed by atoms with E-state index in [2.05, 4.69) is 20.6 Å². The summed E-state index contributed by atoms with van der Waals surface area (Å²) in [4.78, 5) is 10.7. The molecule has 6 heteroatoms. The van der Waals surface area contributed by atoms with Crippen molar-refractivity contribution >= 4 is 11.8 Å². The maximum atomic E-state index is 13.6. The Morgan fingerprint density at radius 2 is 1.92 bits per heavy atom. The van der Waals surface area contributed by atoms with Crippen LogP contribution >= 0.6 is 0 Å². The molecule has 2 aromatic rings. The van der Waals surface area contributed by atoms with Gasteiger partial charge in [-0.2, -0.15) is 0 Å². The number of anilines is 1. The van der Waals surface area contributed by atoms with Crippen LogP contribution in [0.1, 0.15) is 16.8 Å². The minimum atomic E-state index is -0.193. The first-order chi connectivity index (χ1) is 11.5. The lowest BCUT2D eigenvalue weighted by Crippen LogP contribution is -2.36. The number of aromatic nitrogens is 1. The fourth-order valence-electron chi connectivity index (χ4n) is 2.14. The summed E-state index contributed by atoms with van der Waals surface area (Å²) >= 11 is 0. The maximum Gasteiger partial charge on any atom is 0.191 e. The van der Waals surface area contributed by atoms with E-state index in [0.717, 1.165) is 17.1 Å². The van der Waals surface area contributed by atoms with Crippen LogP contribution < -0.4 is 15.5 Å². The van der Waals surface area contributed by atoms with Crippen molar-refractivity contribution in [2.75, 3.05) is 26.0 Å². The average molecular weight is 329 g/mol. The summed E-state index contributed by atoms with van der Waals surface area (Å²) in [5.74, 6) is 1.36. The number of hydrogen-bond donors (Lipinski definition) is 2. The van der Waals surface area contributed by atoms with Crippen LogP contribution in [0.3, 0.4) is 0 Å². The molecule has 0 radical (unpaired) electrons. The molecule has 2 N–H and O–H groups in total. The van der Waals surface area contributed by atoms with Crippen LogP contribution in [0.2, 0.25) is 0 Å². The highest BCUT2D eigenvalue weighted by atomic mass is 19.1. The van der Waals surface area contributed by atoms with Crippen molar-refractivity contribution in [3.8, 4) is 0 Å². The molecular formula is C18H24FN5. The topological polar surface area (TPSA) is 52.6 Å². The smallest absolute Gasteiger partial charge is 0.191 e. The molecule has 0 saturated carbocycles. The summed E-state index contributed by atoms with van der Waals surface area (Å²) in [7, 11) is 5.62. The molecule has 0 unspecified atom stereocenters. The van der Waals surface area contributed by atoms with Gasteiger partial charge in [-0.3, -0.25) is 4.99 Å². The fourth-order valence-corrected chi connectivity index (χ4v) is 2.14. The first kappa shape index (κ1) is 17.7.